The second-order valence-electron chi connectivity index (χ2n) is 13.4. The Morgan fingerprint density at radius 2 is 1.70 bits per heavy atom. The van der Waals surface area contributed by atoms with Crippen LogP contribution in [0.3, 0.4) is 0 Å². The maximum absolute atomic E-state index is 12.9. The number of aliphatic hydroxyl groups is 8. The smallest absolute Gasteiger partial charge is 0.331 e. The number of fused-ring (bicyclic) bond motifs is 1. The summed E-state index contributed by atoms with van der Waals surface area (Å²) >= 11 is 0. The van der Waals surface area contributed by atoms with Gasteiger partial charge in [-0.05, 0) is 51.3 Å². The Bertz CT molecular complexity index is 1110. The average Bonchev–Trinajstić information content (AvgIpc) is 3.19. The fourth-order valence-corrected chi connectivity index (χ4v) is 6.86. The number of carbonyl (C=O) groups excluding carboxylic acids is 1. The Hall–Kier alpha value is -1.91. The van der Waals surface area contributed by atoms with Crippen molar-refractivity contribution in [1.82, 2.24) is 0 Å². The minimum absolute atomic E-state index is 0.0216. The Balaban J connectivity index is 1.45. The molecule has 0 aromatic heterocycles. The second kappa shape index (κ2) is 12.1. The molecule has 244 valence electrons. The summed E-state index contributed by atoms with van der Waals surface area (Å²) in [6.45, 7) is 7.48. The minimum Gasteiger partial charge on any atom is -0.472 e. The number of esters is 1. The van der Waals surface area contributed by atoms with Gasteiger partial charge < -0.3 is 59.8 Å². The molecule has 13 heteroatoms. The highest BCUT2D eigenvalue weighted by Crippen LogP contribution is 2.51. The van der Waals surface area contributed by atoms with Crippen LogP contribution in [-0.4, -0.2) is 119 Å². The Morgan fingerprint density at radius 3 is 2.35 bits per heavy atom. The number of hydrogen-bond donors (Lipinski definition) is 8. The van der Waals surface area contributed by atoms with E-state index in [1.54, 1.807) is 26.8 Å². The van der Waals surface area contributed by atoms with Crippen LogP contribution in [0.1, 0.15) is 53.9 Å². The monoisotopic (exact) mass is 614 g/mol. The lowest BCUT2D eigenvalue weighted by Crippen LogP contribution is -2.68. The highest BCUT2D eigenvalue weighted by Gasteiger charge is 2.60. The van der Waals surface area contributed by atoms with E-state index >= 15 is 0 Å². The third-order valence-electron chi connectivity index (χ3n) is 9.80. The summed E-state index contributed by atoms with van der Waals surface area (Å²) < 4.78 is 22.5. The van der Waals surface area contributed by atoms with Crippen molar-refractivity contribution < 1.29 is 64.6 Å². The van der Waals surface area contributed by atoms with Crippen LogP contribution in [0, 0.1) is 17.3 Å². The molecular formula is C30H46O13. The van der Waals surface area contributed by atoms with Crippen molar-refractivity contribution in [3.63, 3.8) is 0 Å². The van der Waals surface area contributed by atoms with Crippen LogP contribution in [-0.2, 0) is 23.7 Å². The van der Waals surface area contributed by atoms with Crippen LogP contribution < -0.4 is 0 Å². The molecule has 0 aromatic carbocycles. The summed E-state index contributed by atoms with van der Waals surface area (Å²) in [7, 11) is 0. The van der Waals surface area contributed by atoms with Crippen LogP contribution in [0.2, 0.25) is 0 Å². The number of ether oxygens (including phenoxy) is 4. The molecule has 4 rings (SSSR count). The first-order valence-electron chi connectivity index (χ1n) is 14.6. The van der Waals surface area contributed by atoms with Crippen molar-refractivity contribution in [2.24, 2.45) is 17.3 Å². The lowest BCUT2D eigenvalue weighted by atomic mass is 9.57. The molecule has 13 atom stereocenters. The van der Waals surface area contributed by atoms with E-state index in [1.807, 2.05) is 0 Å². The first-order valence-corrected chi connectivity index (χ1v) is 14.6. The molecule has 0 spiro atoms. The predicted molar refractivity (Wildman–Crippen MR) is 148 cm³/mol. The SMILES string of the molecule is CC(C=C[C@@]1(O)C(C)(C)CC[C@@H](O)[C@@]1(C)O)=CC(=O)O[C@@H]1C[C@](C)(O)[C@H]2[C@H](O[C@@H]3O[C@H](CO)[C@@H](O)[C@H](O)[C@H]3O)OC=C[C@H]21. The van der Waals surface area contributed by atoms with Gasteiger partial charge in [-0.15, -0.1) is 0 Å². The van der Waals surface area contributed by atoms with Gasteiger partial charge in [0.1, 0.15) is 41.7 Å². The molecule has 4 aliphatic rings. The van der Waals surface area contributed by atoms with E-state index in [-0.39, 0.29) is 6.42 Å². The number of allylic oxidation sites excluding steroid dienone is 2. The largest absolute Gasteiger partial charge is 0.472 e. The molecule has 43 heavy (non-hydrogen) atoms. The molecular weight excluding hydrogens is 568 g/mol. The van der Waals surface area contributed by atoms with Gasteiger partial charge >= 0.3 is 5.97 Å². The van der Waals surface area contributed by atoms with E-state index in [4.69, 9.17) is 18.9 Å². The molecule has 2 aliphatic heterocycles. The maximum atomic E-state index is 12.9. The van der Waals surface area contributed by atoms with Crippen molar-refractivity contribution in [2.75, 3.05) is 6.61 Å². The molecule has 2 heterocycles. The van der Waals surface area contributed by atoms with Crippen LogP contribution in [0.5, 0.6) is 0 Å². The Morgan fingerprint density at radius 1 is 1.02 bits per heavy atom. The third-order valence-corrected chi connectivity index (χ3v) is 9.80. The van der Waals surface area contributed by atoms with E-state index in [1.165, 1.54) is 38.3 Å². The van der Waals surface area contributed by atoms with Gasteiger partial charge in [0.2, 0.25) is 6.29 Å². The minimum atomic E-state index is -1.82. The molecule has 0 bridgehead atoms. The number of aliphatic hydroxyl groups excluding tert-OH is 5. The summed E-state index contributed by atoms with van der Waals surface area (Å²) in [6.07, 6.45) is -2.84. The highest BCUT2D eigenvalue weighted by atomic mass is 16.8. The van der Waals surface area contributed by atoms with Crippen LogP contribution in [0.15, 0.2) is 36.1 Å². The van der Waals surface area contributed by atoms with Gasteiger partial charge in [0.15, 0.2) is 6.29 Å². The lowest BCUT2D eigenvalue weighted by molar-refractivity contribution is -0.346. The van der Waals surface area contributed by atoms with Gasteiger partial charge in [0, 0.05) is 23.8 Å². The van der Waals surface area contributed by atoms with Crippen molar-refractivity contribution in [1.29, 1.82) is 0 Å². The second-order valence-corrected chi connectivity index (χ2v) is 13.4. The van der Waals surface area contributed by atoms with E-state index < -0.39 is 95.8 Å². The molecule has 0 radical (unpaired) electrons. The molecule has 2 aliphatic carbocycles. The van der Waals surface area contributed by atoms with Gasteiger partial charge in [-0.2, -0.15) is 0 Å². The first-order chi connectivity index (χ1) is 19.9. The lowest BCUT2D eigenvalue weighted by Gasteiger charge is -2.55. The van der Waals surface area contributed by atoms with Crippen molar-refractivity contribution >= 4 is 5.97 Å². The fraction of sp³-hybridized carbons (Fsp3) is 0.767. The van der Waals surface area contributed by atoms with Crippen molar-refractivity contribution in [3.05, 3.63) is 36.1 Å². The fourth-order valence-electron chi connectivity index (χ4n) is 6.86. The number of carbonyl (C=O) groups is 1. The molecule has 3 fully saturated rings. The standard InChI is InChI=1S/C30H46O13/c1-15(6-10-30(39)27(2,3)9-7-19(32)29(30,5)38)12-20(33)41-17-13-28(4,37)21-16(17)8-11-40-25(21)43-26-24(36)23(35)22(34)18(14-31)42-26/h6,8,10-12,16-19,21-26,31-32,34-39H,7,9,13-14H2,1-5H3/t16-,17+,18+,19+,21+,22+,23-,24+,25-,26-,28-,29+,30+/m0/s1. The van der Waals surface area contributed by atoms with Crippen molar-refractivity contribution in [3.8, 4) is 0 Å². The molecule has 0 unspecified atom stereocenters. The van der Waals surface area contributed by atoms with Gasteiger partial charge in [0.05, 0.1) is 30.5 Å². The number of rotatable bonds is 7. The van der Waals surface area contributed by atoms with Crippen molar-refractivity contribution in [2.45, 2.75) is 120 Å². The van der Waals surface area contributed by atoms with E-state index in [2.05, 4.69) is 0 Å². The summed E-state index contributed by atoms with van der Waals surface area (Å²) in [6, 6.07) is 0. The normalized spacial score (nSPS) is 48.2. The zero-order valence-corrected chi connectivity index (χ0v) is 25.1. The summed E-state index contributed by atoms with van der Waals surface area (Å²) in [5, 5.41) is 84.0. The summed E-state index contributed by atoms with van der Waals surface area (Å²) in [5.41, 5.74) is -5.41. The predicted octanol–water partition coefficient (Wildman–Crippen LogP) is -0.863. The molecule has 0 amide bonds. The average molecular weight is 615 g/mol. The Kier molecular flexibility index (Phi) is 9.58. The molecule has 8 N–H and O–H groups in total. The quantitative estimate of drug-likeness (QED) is 0.0996. The topological polar surface area (TPSA) is 216 Å². The van der Waals surface area contributed by atoms with Crippen LogP contribution in [0.4, 0.5) is 0 Å². The zero-order valence-electron chi connectivity index (χ0n) is 25.1. The van der Waals surface area contributed by atoms with E-state index in [0.29, 0.717) is 18.4 Å². The number of hydrogen-bond acceptors (Lipinski definition) is 13. The molecule has 0 aromatic rings. The first kappa shape index (κ1) is 34.0. The van der Waals surface area contributed by atoms with Gasteiger partial charge in [-0.25, -0.2) is 4.79 Å². The third kappa shape index (κ3) is 6.17. The van der Waals surface area contributed by atoms with E-state index in [0.717, 1.165) is 0 Å². The molecule has 1 saturated heterocycles. The summed E-state index contributed by atoms with van der Waals surface area (Å²) in [4.78, 5) is 12.9. The van der Waals surface area contributed by atoms with Gasteiger partial charge in [-0.1, -0.05) is 19.9 Å². The molecule has 13 nitrogen and oxygen atoms in total. The van der Waals surface area contributed by atoms with Crippen LogP contribution in [0.25, 0.3) is 0 Å². The summed E-state index contributed by atoms with van der Waals surface area (Å²) in [5.74, 6) is -2.06. The highest BCUT2D eigenvalue weighted by molar-refractivity contribution is 5.83. The molecule has 2 saturated carbocycles. The van der Waals surface area contributed by atoms with E-state index in [9.17, 15) is 45.6 Å². The van der Waals surface area contributed by atoms with Gasteiger partial charge in [-0.3, -0.25) is 0 Å². The van der Waals surface area contributed by atoms with Crippen LogP contribution >= 0.6 is 0 Å². The zero-order chi connectivity index (χ0) is 32.1. The Labute approximate surface area is 250 Å². The maximum Gasteiger partial charge on any atom is 0.331 e. The van der Waals surface area contributed by atoms with Gasteiger partial charge in [0.25, 0.3) is 0 Å².